The smallest absolute Gasteiger partial charge is 0.00887 e. The van der Waals surface area contributed by atoms with E-state index in [-0.39, 0.29) is 0 Å². The molecule has 0 radical (unpaired) electrons. The van der Waals surface area contributed by atoms with Gasteiger partial charge in [-0.1, -0.05) is 85.8 Å². The van der Waals surface area contributed by atoms with Gasteiger partial charge in [0.2, 0.25) is 0 Å². The third-order valence-electron chi connectivity index (χ3n) is 10.7. The standard InChI is InChI=1S/C33H56/c1-8-17-24(3)22-26(5)33(7)27(6)32(33)25(4)23-28(9-2)18-16-21-31-29-19-14-12-10-11-13-15-20-30(29)31/h24,26-32H,4,8-9,12-23H2,1-3,5-7H3. The maximum atomic E-state index is 4.69. The number of hydrogen-bond donors (Lipinski definition) is 0. The van der Waals surface area contributed by atoms with Crippen molar-refractivity contribution in [1.82, 2.24) is 0 Å². The van der Waals surface area contributed by atoms with Crippen molar-refractivity contribution >= 4 is 0 Å². The highest BCUT2D eigenvalue weighted by atomic mass is 14.7. The van der Waals surface area contributed by atoms with Crippen LogP contribution in [0, 0.1) is 64.6 Å². The molecular formula is C33H56. The van der Waals surface area contributed by atoms with Crippen LogP contribution in [0.5, 0.6) is 0 Å². The summed E-state index contributed by atoms with van der Waals surface area (Å²) in [6.45, 7) is 19.5. The molecule has 0 heterocycles. The lowest BCUT2D eigenvalue weighted by Gasteiger charge is -2.26. The molecule has 0 N–H and O–H groups in total. The zero-order chi connectivity index (χ0) is 24.0. The average molecular weight is 453 g/mol. The summed E-state index contributed by atoms with van der Waals surface area (Å²) < 4.78 is 0. The fraction of sp³-hybridized carbons (Fsp3) is 0.879. The van der Waals surface area contributed by atoms with Crippen molar-refractivity contribution < 1.29 is 0 Å². The molecule has 0 amide bonds. The summed E-state index contributed by atoms with van der Waals surface area (Å²) in [6.07, 6.45) is 19.0. The van der Waals surface area contributed by atoms with E-state index in [1.165, 1.54) is 77.0 Å². The van der Waals surface area contributed by atoms with Gasteiger partial charge in [0.1, 0.15) is 0 Å². The number of hydrogen-bond acceptors (Lipinski definition) is 0. The van der Waals surface area contributed by atoms with Crippen molar-refractivity contribution in [2.24, 2.45) is 52.8 Å². The van der Waals surface area contributed by atoms with Gasteiger partial charge in [0.25, 0.3) is 0 Å². The Morgan fingerprint density at radius 1 is 1.03 bits per heavy atom. The summed E-state index contributed by atoms with van der Waals surface area (Å²) in [4.78, 5) is 0. The Balaban J connectivity index is 1.41. The first-order chi connectivity index (χ1) is 15.8. The molecular weight excluding hydrogens is 396 g/mol. The summed E-state index contributed by atoms with van der Waals surface area (Å²) in [5.41, 5.74) is 2.09. The third kappa shape index (κ3) is 6.71. The predicted molar refractivity (Wildman–Crippen MR) is 146 cm³/mol. The van der Waals surface area contributed by atoms with Gasteiger partial charge in [-0.05, 0) is 97.7 Å². The van der Waals surface area contributed by atoms with Crippen molar-refractivity contribution in [3.8, 4) is 11.8 Å². The molecule has 0 saturated heterocycles. The molecule has 3 aliphatic carbocycles. The van der Waals surface area contributed by atoms with Crippen LogP contribution in [0.4, 0.5) is 0 Å². The van der Waals surface area contributed by atoms with E-state index in [1.54, 1.807) is 5.57 Å². The lowest BCUT2D eigenvalue weighted by atomic mass is 9.79. The number of fused-ring (bicyclic) bond motifs is 1. The molecule has 0 spiro atoms. The van der Waals surface area contributed by atoms with E-state index >= 15 is 0 Å². The van der Waals surface area contributed by atoms with Crippen LogP contribution in [0.25, 0.3) is 0 Å². The van der Waals surface area contributed by atoms with Crippen molar-refractivity contribution in [1.29, 1.82) is 0 Å². The van der Waals surface area contributed by atoms with Gasteiger partial charge in [-0.15, -0.1) is 11.8 Å². The van der Waals surface area contributed by atoms with Crippen LogP contribution in [0.15, 0.2) is 12.2 Å². The minimum atomic E-state index is 0.499. The van der Waals surface area contributed by atoms with E-state index < -0.39 is 0 Å². The van der Waals surface area contributed by atoms with Gasteiger partial charge >= 0.3 is 0 Å². The molecule has 3 aliphatic rings. The molecule has 2 saturated carbocycles. The summed E-state index contributed by atoms with van der Waals surface area (Å²) in [5.74, 6) is 14.0. The first-order valence-electron chi connectivity index (χ1n) is 15.0. The first-order valence-corrected chi connectivity index (χ1v) is 15.0. The van der Waals surface area contributed by atoms with Gasteiger partial charge in [-0.2, -0.15) is 0 Å². The van der Waals surface area contributed by atoms with Gasteiger partial charge < -0.3 is 0 Å². The van der Waals surface area contributed by atoms with Crippen LogP contribution >= 0.6 is 0 Å². The Labute approximate surface area is 208 Å². The summed E-state index contributed by atoms with van der Waals surface area (Å²) >= 11 is 0. The number of allylic oxidation sites excluding steroid dienone is 1. The third-order valence-corrected chi connectivity index (χ3v) is 10.7. The SMILES string of the molecule is C=C(CC(CC)CCCC1C2CCCC#CCCCC21)C1C(C)C1(C)C(C)CC(C)CCC. The molecule has 188 valence electrons. The van der Waals surface area contributed by atoms with Gasteiger partial charge in [-0.25, -0.2) is 0 Å². The Bertz CT molecular complexity index is 656. The molecule has 0 aliphatic heterocycles. The molecule has 0 aromatic carbocycles. The fourth-order valence-corrected chi connectivity index (χ4v) is 8.20. The molecule has 0 heteroatoms. The molecule has 8 atom stereocenters. The van der Waals surface area contributed by atoms with E-state index in [0.717, 1.165) is 60.2 Å². The van der Waals surface area contributed by atoms with Crippen LogP contribution in [0.2, 0.25) is 0 Å². The second kappa shape index (κ2) is 12.3. The normalized spacial score (nSPS) is 36.0. The second-order valence-corrected chi connectivity index (χ2v) is 12.9. The van der Waals surface area contributed by atoms with E-state index in [2.05, 4.69) is 60.0 Å². The van der Waals surface area contributed by atoms with E-state index in [1.807, 2.05) is 0 Å². The number of rotatable bonds is 13. The molecule has 0 aromatic heterocycles. The minimum absolute atomic E-state index is 0.499. The molecule has 8 unspecified atom stereocenters. The van der Waals surface area contributed by atoms with Crippen LogP contribution in [0.3, 0.4) is 0 Å². The summed E-state index contributed by atoms with van der Waals surface area (Å²) in [6, 6.07) is 0. The second-order valence-electron chi connectivity index (χ2n) is 12.9. The minimum Gasteiger partial charge on any atom is -0.103 e. The Hall–Kier alpha value is -0.700. The largest absolute Gasteiger partial charge is 0.103 e. The highest BCUT2D eigenvalue weighted by Crippen LogP contribution is 2.67. The van der Waals surface area contributed by atoms with E-state index in [0.29, 0.717) is 5.41 Å². The lowest BCUT2D eigenvalue weighted by molar-refractivity contribution is 0.258. The topological polar surface area (TPSA) is 0 Å². The molecule has 3 rings (SSSR count). The van der Waals surface area contributed by atoms with Crippen LogP contribution in [-0.4, -0.2) is 0 Å². The maximum Gasteiger partial charge on any atom is 0.00887 e. The van der Waals surface area contributed by atoms with Crippen molar-refractivity contribution in [3.63, 3.8) is 0 Å². The maximum absolute atomic E-state index is 4.69. The van der Waals surface area contributed by atoms with Gasteiger partial charge in [0, 0.05) is 12.8 Å². The monoisotopic (exact) mass is 452 g/mol. The zero-order valence-electron chi connectivity index (χ0n) is 23.2. The highest BCUT2D eigenvalue weighted by molar-refractivity contribution is 5.23. The van der Waals surface area contributed by atoms with Crippen LogP contribution in [0.1, 0.15) is 131 Å². The lowest BCUT2D eigenvalue weighted by Crippen LogP contribution is -2.17. The summed E-state index contributed by atoms with van der Waals surface area (Å²) in [7, 11) is 0. The summed E-state index contributed by atoms with van der Waals surface area (Å²) in [5, 5.41) is 0. The van der Waals surface area contributed by atoms with E-state index in [4.69, 9.17) is 0 Å². The molecule has 2 fully saturated rings. The van der Waals surface area contributed by atoms with Crippen LogP contribution in [-0.2, 0) is 0 Å². The quantitative estimate of drug-likeness (QED) is 0.192. The van der Waals surface area contributed by atoms with Crippen LogP contribution < -0.4 is 0 Å². The van der Waals surface area contributed by atoms with Gasteiger partial charge in [0.15, 0.2) is 0 Å². The van der Waals surface area contributed by atoms with Crippen molar-refractivity contribution in [2.45, 2.75) is 131 Å². The van der Waals surface area contributed by atoms with Gasteiger partial charge in [-0.3, -0.25) is 0 Å². The van der Waals surface area contributed by atoms with E-state index in [9.17, 15) is 0 Å². The Kier molecular flexibility index (Phi) is 10.0. The molecule has 0 bridgehead atoms. The zero-order valence-corrected chi connectivity index (χ0v) is 23.2. The van der Waals surface area contributed by atoms with Gasteiger partial charge in [0.05, 0.1) is 0 Å². The highest BCUT2D eigenvalue weighted by Gasteiger charge is 2.61. The Morgan fingerprint density at radius 3 is 2.24 bits per heavy atom. The molecule has 0 aromatic rings. The van der Waals surface area contributed by atoms with Crippen molar-refractivity contribution in [3.05, 3.63) is 12.2 Å². The predicted octanol–water partition coefficient (Wildman–Crippen LogP) is 10.1. The average Bonchev–Trinajstić information content (AvgIpc) is 3.62. The fourth-order valence-electron chi connectivity index (χ4n) is 8.20. The molecule has 33 heavy (non-hydrogen) atoms. The molecule has 0 nitrogen and oxygen atoms in total. The first kappa shape index (κ1) is 26.9. The Morgan fingerprint density at radius 2 is 1.67 bits per heavy atom. The van der Waals surface area contributed by atoms with Crippen molar-refractivity contribution in [2.75, 3.05) is 0 Å².